The van der Waals surface area contributed by atoms with E-state index in [9.17, 15) is 15.0 Å². The third kappa shape index (κ3) is 5.31. The van der Waals surface area contributed by atoms with E-state index in [4.69, 9.17) is 23.2 Å². The van der Waals surface area contributed by atoms with Crippen molar-refractivity contribution in [1.82, 2.24) is 5.32 Å². The van der Waals surface area contributed by atoms with E-state index >= 15 is 0 Å². The Kier molecular flexibility index (Phi) is 6.80. The van der Waals surface area contributed by atoms with Crippen molar-refractivity contribution in [1.29, 1.82) is 0 Å². The molecule has 0 fully saturated rings. The van der Waals surface area contributed by atoms with Gasteiger partial charge in [0.05, 0.1) is 22.9 Å². The highest BCUT2D eigenvalue weighted by Crippen LogP contribution is 2.29. The van der Waals surface area contributed by atoms with Crippen LogP contribution in [0.3, 0.4) is 0 Å². The number of amides is 1. The first-order chi connectivity index (χ1) is 11.4. The summed E-state index contributed by atoms with van der Waals surface area (Å²) in [5, 5.41) is 23.4. The van der Waals surface area contributed by atoms with Gasteiger partial charge in [-0.1, -0.05) is 35.3 Å². The topological polar surface area (TPSA) is 69.6 Å². The van der Waals surface area contributed by atoms with Crippen LogP contribution in [-0.4, -0.2) is 27.9 Å². The molecule has 0 aliphatic heterocycles. The highest BCUT2D eigenvalue weighted by atomic mass is 35.5. The van der Waals surface area contributed by atoms with Crippen LogP contribution in [0.15, 0.2) is 47.4 Å². The molecule has 0 radical (unpaired) electrons. The van der Waals surface area contributed by atoms with Gasteiger partial charge in [0.25, 0.3) is 0 Å². The Morgan fingerprint density at radius 3 is 2.54 bits per heavy atom. The van der Waals surface area contributed by atoms with Gasteiger partial charge in [0.2, 0.25) is 5.91 Å². The molecule has 128 valence electrons. The molecule has 0 heterocycles. The number of phenols is 1. The fraction of sp³-hybridized carbons (Fsp3) is 0.235. The minimum atomic E-state index is -0.866. The molecule has 0 unspecified atom stereocenters. The molecule has 0 aliphatic rings. The van der Waals surface area contributed by atoms with Crippen molar-refractivity contribution in [2.75, 3.05) is 5.75 Å². The Labute approximate surface area is 154 Å². The van der Waals surface area contributed by atoms with Gasteiger partial charge in [0, 0.05) is 9.92 Å². The molecule has 2 aromatic carbocycles. The van der Waals surface area contributed by atoms with E-state index in [2.05, 4.69) is 5.32 Å². The lowest BCUT2D eigenvalue weighted by molar-refractivity contribution is -0.119. The quantitative estimate of drug-likeness (QED) is 0.656. The van der Waals surface area contributed by atoms with E-state index in [0.29, 0.717) is 15.6 Å². The van der Waals surface area contributed by atoms with Gasteiger partial charge in [-0.05, 0) is 42.8 Å². The summed E-state index contributed by atoms with van der Waals surface area (Å²) in [4.78, 5) is 12.8. The lowest BCUT2D eigenvalue weighted by Gasteiger charge is -2.20. The largest absolute Gasteiger partial charge is 0.508 e. The second-order valence-electron chi connectivity index (χ2n) is 5.26. The number of aromatic hydroxyl groups is 1. The standard InChI is InChI=1S/C17H17Cl2NO3S/c1-10(17(23)11-2-5-13(21)6-3-11)20-16(22)9-24-15-8-12(18)4-7-14(15)19/h2-8,10,17,21,23H,9H2,1H3,(H,20,22)/t10-,17-/m0/s1. The van der Waals surface area contributed by atoms with Crippen LogP contribution in [0.2, 0.25) is 10.0 Å². The smallest absolute Gasteiger partial charge is 0.230 e. The second kappa shape index (κ2) is 8.62. The SMILES string of the molecule is C[C@H](NC(=O)CSc1cc(Cl)ccc1Cl)[C@H](O)c1ccc(O)cc1. The Morgan fingerprint density at radius 2 is 1.88 bits per heavy atom. The Morgan fingerprint density at radius 1 is 1.21 bits per heavy atom. The Hall–Kier alpha value is -1.40. The first-order valence-electron chi connectivity index (χ1n) is 7.21. The maximum atomic E-state index is 12.1. The number of hydrogen-bond acceptors (Lipinski definition) is 4. The highest BCUT2D eigenvalue weighted by Gasteiger charge is 2.18. The summed E-state index contributed by atoms with van der Waals surface area (Å²) in [5.41, 5.74) is 0.617. The van der Waals surface area contributed by atoms with E-state index in [0.717, 1.165) is 4.90 Å². The zero-order valence-corrected chi connectivity index (χ0v) is 15.2. The predicted octanol–water partition coefficient (Wildman–Crippen LogP) is 4.03. The number of thioether (sulfide) groups is 1. The summed E-state index contributed by atoms with van der Waals surface area (Å²) < 4.78 is 0. The molecule has 2 atom stereocenters. The van der Waals surface area contributed by atoms with Gasteiger partial charge in [-0.25, -0.2) is 0 Å². The van der Waals surface area contributed by atoms with Crippen LogP contribution in [0.4, 0.5) is 0 Å². The molecular weight excluding hydrogens is 369 g/mol. The predicted molar refractivity (Wildman–Crippen MR) is 97.9 cm³/mol. The zero-order chi connectivity index (χ0) is 17.7. The van der Waals surface area contributed by atoms with Crippen LogP contribution in [0, 0.1) is 0 Å². The Balaban J connectivity index is 1.89. The van der Waals surface area contributed by atoms with Gasteiger partial charge in [-0.3, -0.25) is 4.79 Å². The summed E-state index contributed by atoms with van der Waals surface area (Å²) in [5.74, 6) is 0.0611. The van der Waals surface area contributed by atoms with Gasteiger partial charge < -0.3 is 15.5 Å². The second-order valence-corrected chi connectivity index (χ2v) is 7.12. The highest BCUT2D eigenvalue weighted by molar-refractivity contribution is 8.00. The average molecular weight is 386 g/mol. The number of halogens is 2. The third-order valence-corrected chi connectivity index (χ3v) is 5.08. The lowest BCUT2D eigenvalue weighted by Crippen LogP contribution is -2.38. The number of carbonyl (C=O) groups is 1. The molecule has 0 saturated heterocycles. The number of aliphatic hydroxyl groups excluding tert-OH is 1. The number of benzene rings is 2. The fourth-order valence-corrected chi connectivity index (χ4v) is 3.37. The summed E-state index contributed by atoms with van der Waals surface area (Å²) in [6, 6.07) is 10.8. The Bertz CT molecular complexity index is 709. The van der Waals surface area contributed by atoms with Crippen LogP contribution in [0.25, 0.3) is 0 Å². The minimum Gasteiger partial charge on any atom is -0.508 e. The van der Waals surface area contributed by atoms with Crippen molar-refractivity contribution in [3.63, 3.8) is 0 Å². The van der Waals surface area contributed by atoms with Gasteiger partial charge in [0.1, 0.15) is 5.75 Å². The average Bonchev–Trinajstić information content (AvgIpc) is 2.55. The molecule has 0 aromatic heterocycles. The first-order valence-corrected chi connectivity index (χ1v) is 8.95. The van der Waals surface area contributed by atoms with Gasteiger partial charge in [-0.2, -0.15) is 0 Å². The van der Waals surface area contributed by atoms with Gasteiger partial charge in [-0.15, -0.1) is 11.8 Å². The number of phenolic OH excluding ortho intramolecular Hbond substituents is 1. The summed E-state index contributed by atoms with van der Waals surface area (Å²) in [6.07, 6.45) is -0.866. The van der Waals surface area contributed by atoms with E-state index in [1.54, 1.807) is 37.3 Å². The van der Waals surface area contributed by atoms with Crippen LogP contribution < -0.4 is 5.32 Å². The zero-order valence-electron chi connectivity index (χ0n) is 12.9. The molecule has 7 heteroatoms. The summed E-state index contributed by atoms with van der Waals surface area (Å²) in [7, 11) is 0. The molecule has 3 N–H and O–H groups in total. The molecule has 0 bridgehead atoms. The van der Waals surface area contributed by atoms with E-state index in [-0.39, 0.29) is 17.4 Å². The monoisotopic (exact) mass is 385 g/mol. The van der Waals surface area contributed by atoms with E-state index < -0.39 is 12.1 Å². The van der Waals surface area contributed by atoms with Crippen LogP contribution >= 0.6 is 35.0 Å². The third-order valence-electron chi connectivity index (χ3n) is 3.35. The number of hydrogen-bond donors (Lipinski definition) is 3. The number of carbonyl (C=O) groups excluding carboxylic acids is 1. The summed E-state index contributed by atoms with van der Waals surface area (Å²) >= 11 is 13.2. The van der Waals surface area contributed by atoms with Gasteiger partial charge >= 0.3 is 0 Å². The van der Waals surface area contributed by atoms with Crippen molar-refractivity contribution < 1.29 is 15.0 Å². The van der Waals surface area contributed by atoms with Crippen LogP contribution in [0.5, 0.6) is 5.75 Å². The molecule has 0 spiro atoms. The van der Waals surface area contributed by atoms with Crippen molar-refractivity contribution in [2.24, 2.45) is 0 Å². The normalized spacial score (nSPS) is 13.3. The molecule has 0 aliphatic carbocycles. The maximum absolute atomic E-state index is 12.1. The van der Waals surface area contributed by atoms with Crippen molar-refractivity contribution >= 4 is 40.9 Å². The number of aliphatic hydroxyl groups is 1. The molecule has 2 aromatic rings. The molecule has 24 heavy (non-hydrogen) atoms. The van der Waals surface area contributed by atoms with Crippen LogP contribution in [-0.2, 0) is 4.79 Å². The number of rotatable bonds is 6. The number of nitrogens with one attached hydrogen (secondary N) is 1. The molecule has 0 saturated carbocycles. The van der Waals surface area contributed by atoms with Crippen molar-refractivity contribution in [2.45, 2.75) is 24.0 Å². The summed E-state index contributed by atoms with van der Waals surface area (Å²) in [6.45, 7) is 1.71. The minimum absolute atomic E-state index is 0.123. The molecule has 1 amide bonds. The van der Waals surface area contributed by atoms with Crippen LogP contribution in [0.1, 0.15) is 18.6 Å². The molecule has 2 rings (SSSR count). The first kappa shape index (κ1) is 18.9. The molecular formula is C17H17Cl2NO3S. The van der Waals surface area contributed by atoms with Crippen molar-refractivity contribution in [3.8, 4) is 5.75 Å². The molecule has 4 nitrogen and oxygen atoms in total. The maximum Gasteiger partial charge on any atom is 0.230 e. The van der Waals surface area contributed by atoms with Crippen molar-refractivity contribution in [3.05, 3.63) is 58.1 Å². The fourth-order valence-electron chi connectivity index (χ4n) is 2.07. The van der Waals surface area contributed by atoms with E-state index in [1.165, 1.54) is 23.9 Å². The van der Waals surface area contributed by atoms with Gasteiger partial charge in [0.15, 0.2) is 0 Å². The van der Waals surface area contributed by atoms with E-state index in [1.807, 2.05) is 0 Å². The lowest BCUT2D eigenvalue weighted by atomic mass is 10.0.